The lowest BCUT2D eigenvalue weighted by molar-refractivity contribution is -0.0246. The van der Waals surface area contributed by atoms with Crippen molar-refractivity contribution >= 4 is 43.1 Å². The second kappa shape index (κ2) is 8.31. The number of aromatic amines is 1. The van der Waals surface area contributed by atoms with E-state index in [9.17, 15) is 14.7 Å². The number of H-pyrrole nitrogens is 1. The molecule has 1 aliphatic heterocycles. The molecule has 1 aliphatic rings. The van der Waals surface area contributed by atoms with E-state index in [4.69, 9.17) is 4.74 Å². The zero-order valence-electron chi connectivity index (χ0n) is 19.8. The van der Waals surface area contributed by atoms with Crippen LogP contribution in [-0.4, -0.2) is 27.4 Å². The van der Waals surface area contributed by atoms with Crippen LogP contribution in [0.3, 0.4) is 0 Å². The highest BCUT2D eigenvalue weighted by atomic mass is 16.5. The normalized spacial score (nSPS) is 17.6. The van der Waals surface area contributed by atoms with Gasteiger partial charge in [-0.1, -0.05) is 72.5 Å². The minimum Gasteiger partial charge on any atom is -0.394 e. The predicted molar refractivity (Wildman–Crippen MR) is 145 cm³/mol. The molecule has 0 radical (unpaired) electrons. The molecule has 1 saturated heterocycles. The third kappa shape index (κ3) is 3.36. The summed E-state index contributed by atoms with van der Waals surface area (Å²) in [6, 6.07) is 23.2. The van der Waals surface area contributed by atoms with Gasteiger partial charge >= 0.3 is 5.69 Å². The molecule has 0 spiro atoms. The van der Waals surface area contributed by atoms with Crippen molar-refractivity contribution in [2.75, 3.05) is 6.61 Å². The summed E-state index contributed by atoms with van der Waals surface area (Å²) in [6.07, 6.45) is 1.83. The first kappa shape index (κ1) is 21.8. The third-order valence-corrected chi connectivity index (χ3v) is 7.42. The highest BCUT2D eigenvalue weighted by Gasteiger charge is 2.27. The summed E-state index contributed by atoms with van der Waals surface area (Å²) in [5, 5.41) is 18.8. The number of aromatic nitrogens is 2. The molecule has 0 aliphatic carbocycles. The molecule has 7 rings (SSSR count). The van der Waals surface area contributed by atoms with Crippen molar-refractivity contribution in [2.45, 2.75) is 25.2 Å². The van der Waals surface area contributed by atoms with Gasteiger partial charge in [0.1, 0.15) is 11.8 Å². The Bertz CT molecular complexity index is 1980. The molecule has 0 saturated carbocycles. The molecule has 37 heavy (non-hydrogen) atoms. The average Bonchev–Trinajstić information content (AvgIpc) is 3.40. The maximum atomic E-state index is 12.6. The quantitative estimate of drug-likeness (QED) is 0.212. The Labute approximate surface area is 211 Å². The van der Waals surface area contributed by atoms with Crippen LogP contribution in [0.5, 0.6) is 0 Å². The largest absolute Gasteiger partial charge is 0.394 e. The van der Waals surface area contributed by atoms with Gasteiger partial charge in [-0.2, -0.15) is 0 Å². The Balaban J connectivity index is 1.40. The molecule has 6 heteroatoms. The number of aliphatic hydroxyl groups is 1. The SMILES string of the molecule is O=c1[nH]c(=O)n([C@H]2CC[C@@H](CO)O2)cc1C#Cc1ccc2c3cccc4cccc(c5cccc1c52)c43. The average molecular weight is 487 g/mol. The summed E-state index contributed by atoms with van der Waals surface area (Å²) in [4.78, 5) is 27.4. The molecule has 0 unspecified atom stereocenters. The molecule has 0 amide bonds. The number of ether oxygens (including phenoxy) is 1. The van der Waals surface area contributed by atoms with Crippen LogP contribution in [0.4, 0.5) is 0 Å². The van der Waals surface area contributed by atoms with E-state index in [2.05, 4.69) is 71.4 Å². The highest BCUT2D eigenvalue weighted by Crippen LogP contribution is 2.40. The maximum Gasteiger partial charge on any atom is 0.330 e. The smallest absolute Gasteiger partial charge is 0.330 e. The zero-order valence-corrected chi connectivity index (χ0v) is 19.8. The molecular weight excluding hydrogens is 464 g/mol. The second-order valence-corrected chi connectivity index (χ2v) is 9.53. The Kier molecular flexibility index (Phi) is 4.90. The van der Waals surface area contributed by atoms with Crippen molar-refractivity contribution in [1.29, 1.82) is 0 Å². The number of benzene rings is 5. The molecule has 1 fully saturated rings. The number of nitrogens with one attached hydrogen (secondary N) is 1. The van der Waals surface area contributed by atoms with Gasteiger partial charge in [0, 0.05) is 11.8 Å². The minimum absolute atomic E-state index is 0.106. The van der Waals surface area contributed by atoms with Gasteiger partial charge in [-0.3, -0.25) is 14.3 Å². The number of aliphatic hydroxyl groups excluding tert-OH is 1. The number of fused-ring (bicyclic) bond motifs is 2. The Morgan fingerprint density at radius 3 is 2.19 bits per heavy atom. The third-order valence-electron chi connectivity index (χ3n) is 7.42. The summed E-state index contributed by atoms with van der Waals surface area (Å²) in [5.41, 5.74) is -0.0876. The molecule has 0 bridgehead atoms. The number of rotatable bonds is 2. The van der Waals surface area contributed by atoms with Gasteiger partial charge in [-0.05, 0) is 62.0 Å². The Morgan fingerprint density at radius 2 is 1.46 bits per heavy atom. The first-order valence-electron chi connectivity index (χ1n) is 12.3. The summed E-state index contributed by atoms with van der Waals surface area (Å²) in [5.74, 6) is 6.18. The molecule has 2 N–H and O–H groups in total. The fourth-order valence-electron chi connectivity index (χ4n) is 5.70. The van der Waals surface area contributed by atoms with Gasteiger partial charge in [0.25, 0.3) is 5.56 Å². The zero-order chi connectivity index (χ0) is 25.1. The first-order valence-corrected chi connectivity index (χ1v) is 12.3. The van der Waals surface area contributed by atoms with E-state index in [-0.39, 0.29) is 18.3 Å². The van der Waals surface area contributed by atoms with Crippen LogP contribution < -0.4 is 11.2 Å². The molecule has 180 valence electrons. The molecule has 1 aromatic heterocycles. The maximum absolute atomic E-state index is 12.6. The van der Waals surface area contributed by atoms with Crippen LogP contribution in [0.2, 0.25) is 0 Å². The van der Waals surface area contributed by atoms with E-state index < -0.39 is 17.5 Å². The summed E-state index contributed by atoms with van der Waals surface area (Å²) < 4.78 is 7.09. The number of nitrogens with zero attached hydrogens (tertiary/aromatic N) is 1. The molecular formula is C31H22N2O4. The van der Waals surface area contributed by atoms with Gasteiger partial charge in [0.05, 0.1) is 12.7 Å². The minimum atomic E-state index is -0.548. The highest BCUT2D eigenvalue weighted by molar-refractivity contribution is 6.33. The van der Waals surface area contributed by atoms with Gasteiger partial charge in [-0.25, -0.2) is 4.79 Å². The van der Waals surface area contributed by atoms with Crippen LogP contribution >= 0.6 is 0 Å². The first-order chi connectivity index (χ1) is 18.1. The van der Waals surface area contributed by atoms with Crippen LogP contribution in [0.15, 0.2) is 82.5 Å². The van der Waals surface area contributed by atoms with Crippen molar-refractivity contribution in [3.05, 3.63) is 105 Å². The number of hydrogen-bond donors (Lipinski definition) is 2. The van der Waals surface area contributed by atoms with E-state index in [0.717, 1.165) is 16.3 Å². The lowest BCUT2D eigenvalue weighted by atomic mass is 9.88. The molecule has 5 aromatic carbocycles. The lowest BCUT2D eigenvalue weighted by Gasteiger charge is -2.15. The van der Waals surface area contributed by atoms with E-state index >= 15 is 0 Å². The van der Waals surface area contributed by atoms with E-state index in [1.54, 1.807) is 0 Å². The summed E-state index contributed by atoms with van der Waals surface area (Å²) in [7, 11) is 0. The Morgan fingerprint density at radius 1 is 0.811 bits per heavy atom. The summed E-state index contributed by atoms with van der Waals surface area (Å²) in [6.45, 7) is -0.106. The predicted octanol–water partition coefficient (Wildman–Crippen LogP) is 4.66. The van der Waals surface area contributed by atoms with Crippen LogP contribution in [-0.2, 0) is 4.74 Å². The standard InChI is InChI=1S/C31H22N2O4/c34-17-21-13-15-27(37-21)33-16-20(30(35)32-31(33)36)11-10-18-12-14-26-24-8-2-5-19-4-1-7-23(28(19)24)25-9-3-6-22(18)29(25)26/h1-9,12,14,16,21,27,34H,13,15,17H2,(H,32,35,36)/t21-,27+/m0/s1. The van der Waals surface area contributed by atoms with Crippen molar-refractivity contribution in [1.82, 2.24) is 9.55 Å². The van der Waals surface area contributed by atoms with E-state index in [1.807, 2.05) is 12.1 Å². The van der Waals surface area contributed by atoms with Crippen LogP contribution in [0.25, 0.3) is 43.1 Å². The second-order valence-electron chi connectivity index (χ2n) is 9.53. The van der Waals surface area contributed by atoms with Crippen molar-refractivity contribution < 1.29 is 9.84 Å². The topological polar surface area (TPSA) is 84.3 Å². The lowest BCUT2D eigenvalue weighted by Crippen LogP contribution is -2.33. The fraction of sp³-hybridized carbons (Fsp3) is 0.161. The van der Waals surface area contributed by atoms with E-state index in [1.165, 1.54) is 43.1 Å². The van der Waals surface area contributed by atoms with Gasteiger partial charge in [0.2, 0.25) is 0 Å². The van der Waals surface area contributed by atoms with Crippen molar-refractivity contribution in [2.24, 2.45) is 0 Å². The van der Waals surface area contributed by atoms with Crippen LogP contribution in [0.1, 0.15) is 30.2 Å². The van der Waals surface area contributed by atoms with Crippen molar-refractivity contribution in [3.63, 3.8) is 0 Å². The van der Waals surface area contributed by atoms with Gasteiger partial charge in [-0.15, -0.1) is 0 Å². The molecule has 2 atom stereocenters. The Hall–Kier alpha value is -4.44. The molecule has 2 heterocycles. The fourth-order valence-corrected chi connectivity index (χ4v) is 5.70. The summed E-state index contributed by atoms with van der Waals surface area (Å²) >= 11 is 0. The number of hydrogen-bond acceptors (Lipinski definition) is 4. The van der Waals surface area contributed by atoms with Crippen LogP contribution in [0, 0.1) is 11.8 Å². The van der Waals surface area contributed by atoms with Gasteiger partial charge in [0.15, 0.2) is 0 Å². The van der Waals surface area contributed by atoms with Gasteiger partial charge < -0.3 is 9.84 Å². The van der Waals surface area contributed by atoms with Crippen molar-refractivity contribution in [3.8, 4) is 11.8 Å². The monoisotopic (exact) mass is 486 g/mol. The molecule has 6 aromatic rings. The molecule has 6 nitrogen and oxygen atoms in total. The van der Waals surface area contributed by atoms with E-state index in [0.29, 0.717) is 12.8 Å².